The second-order valence-electron chi connectivity index (χ2n) is 7.77. The molecule has 1 heterocycles. The Morgan fingerprint density at radius 3 is 2.03 bits per heavy atom. The smallest absolute Gasteiger partial charge is 0.308 e. The van der Waals surface area contributed by atoms with Gasteiger partial charge in [-0.05, 0) is 55.9 Å². The molecule has 0 spiro atoms. The number of halogens is 7. The summed E-state index contributed by atoms with van der Waals surface area (Å²) in [6.45, 7) is 1.08. The second kappa shape index (κ2) is 8.51. The highest BCUT2D eigenvalue weighted by molar-refractivity contribution is 9.10. The minimum absolute atomic E-state index is 0.0287. The van der Waals surface area contributed by atoms with Crippen LogP contribution in [0.15, 0.2) is 46.9 Å². The lowest BCUT2D eigenvalue weighted by molar-refractivity contribution is -0.143. The van der Waals surface area contributed by atoms with Crippen molar-refractivity contribution in [3.8, 4) is 0 Å². The maximum atomic E-state index is 13.3. The van der Waals surface area contributed by atoms with Gasteiger partial charge in [0.25, 0.3) is 0 Å². The van der Waals surface area contributed by atoms with Crippen LogP contribution < -0.4 is 0 Å². The number of alkyl halides is 6. The van der Waals surface area contributed by atoms with Gasteiger partial charge < -0.3 is 4.90 Å². The van der Waals surface area contributed by atoms with Crippen molar-refractivity contribution in [2.24, 2.45) is 0 Å². The highest BCUT2D eigenvalue weighted by Crippen LogP contribution is 2.44. The molecule has 0 amide bonds. The van der Waals surface area contributed by atoms with E-state index in [9.17, 15) is 26.3 Å². The lowest BCUT2D eigenvalue weighted by Crippen LogP contribution is -2.53. The summed E-state index contributed by atoms with van der Waals surface area (Å²) in [5.74, 6) is 0. The van der Waals surface area contributed by atoms with E-state index in [1.165, 1.54) is 0 Å². The van der Waals surface area contributed by atoms with E-state index in [1.54, 1.807) is 0 Å². The molecule has 1 aliphatic heterocycles. The van der Waals surface area contributed by atoms with Crippen molar-refractivity contribution in [2.45, 2.75) is 37.4 Å². The predicted octanol–water partition coefficient (Wildman–Crippen LogP) is 6.36. The van der Waals surface area contributed by atoms with E-state index in [1.807, 2.05) is 48.2 Å². The number of hydrogen-bond donors (Lipinski definition) is 0. The highest BCUT2D eigenvalue weighted by Gasteiger charge is 2.43. The molecule has 2 unspecified atom stereocenters. The van der Waals surface area contributed by atoms with Gasteiger partial charge in [-0.3, -0.25) is 4.90 Å². The van der Waals surface area contributed by atoms with Gasteiger partial charge in [0.05, 0.1) is 11.1 Å². The average molecular weight is 495 g/mol. The zero-order valence-electron chi connectivity index (χ0n) is 16.4. The Balaban J connectivity index is 1.99. The molecule has 0 bridgehead atoms. The lowest BCUT2D eigenvalue weighted by atomic mass is 9.85. The van der Waals surface area contributed by atoms with E-state index in [0.717, 1.165) is 22.2 Å². The van der Waals surface area contributed by atoms with Gasteiger partial charge in [0.15, 0.2) is 0 Å². The average Bonchev–Trinajstić information content (AvgIpc) is 2.62. The van der Waals surface area contributed by atoms with Crippen molar-refractivity contribution in [1.29, 1.82) is 0 Å². The summed E-state index contributed by atoms with van der Waals surface area (Å²) >= 11 is 3.47. The third kappa shape index (κ3) is 5.18. The molecular weight excluding hydrogens is 474 g/mol. The molecule has 1 aliphatic rings. The summed E-state index contributed by atoms with van der Waals surface area (Å²) in [7, 11) is 3.77. The van der Waals surface area contributed by atoms with Crippen molar-refractivity contribution in [1.82, 2.24) is 9.80 Å². The van der Waals surface area contributed by atoms with Crippen LogP contribution >= 0.6 is 15.9 Å². The molecule has 0 saturated carbocycles. The van der Waals surface area contributed by atoms with Crippen LogP contribution in [0.2, 0.25) is 0 Å². The van der Waals surface area contributed by atoms with Crippen molar-refractivity contribution in [3.63, 3.8) is 0 Å². The number of rotatable bonds is 5. The van der Waals surface area contributed by atoms with Gasteiger partial charge in [0.2, 0.25) is 0 Å². The Labute approximate surface area is 179 Å². The van der Waals surface area contributed by atoms with Crippen LogP contribution in [0, 0.1) is 0 Å². The molecule has 3 rings (SSSR count). The van der Waals surface area contributed by atoms with Gasteiger partial charge in [-0.25, -0.2) is 0 Å². The summed E-state index contributed by atoms with van der Waals surface area (Å²) in [6.07, 6.45) is -9.21. The van der Waals surface area contributed by atoms with Crippen molar-refractivity contribution in [2.75, 3.05) is 20.6 Å². The summed E-state index contributed by atoms with van der Waals surface area (Å²) in [5, 5.41) is 0. The van der Waals surface area contributed by atoms with Gasteiger partial charge in [-0.1, -0.05) is 34.1 Å². The molecule has 2 nitrogen and oxygen atoms in total. The maximum absolute atomic E-state index is 13.3. The molecule has 2 atom stereocenters. The Morgan fingerprint density at radius 2 is 1.53 bits per heavy atom. The Hall–Kier alpha value is -1.58. The van der Waals surface area contributed by atoms with Crippen LogP contribution in [-0.2, 0) is 18.9 Å². The third-order valence-corrected chi connectivity index (χ3v) is 6.02. The fraction of sp³-hybridized carbons (Fsp3) is 0.429. The van der Waals surface area contributed by atoms with Gasteiger partial charge in [-0.15, -0.1) is 0 Å². The minimum atomic E-state index is -4.85. The van der Waals surface area contributed by atoms with E-state index in [-0.39, 0.29) is 17.7 Å². The van der Waals surface area contributed by atoms with Crippen LogP contribution in [0.25, 0.3) is 0 Å². The number of likely N-dealkylation sites (tertiary alicyclic amines) is 1. The van der Waals surface area contributed by atoms with E-state index < -0.39 is 29.5 Å². The Kier molecular flexibility index (Phi) is 6.55. The molecule has 164 valence electrons. The van der Waals surface area contributed by atoms with Crippen LogP contribution in [0.1, 0.15) is 34.7 Å². The number of hydrogen-bond acceptors (Lipinski definition) is 2. The predicted molar refractivity (Wildman–Crippen MR) is 106 cm³/mol. The molecular formula is C21H21BrF6N2. The molecule has 1 saturated heterocycles. The number of benzene rings is 2. The summed E-state index contributed by atoms with van der Waals surface area (Å²) < 4.78 is 80.5. The molecule has 2 aromatic rings. The van der Waals surface area contributed by atoms with Crippen LogP contribution in [-0.4, -0.2) is 36.5 Å². The van der Waals surface area contributed by atoms with Crippen LogP contribution in [0.5, 0.6) is 0 Å². The second-order valence-corrected chi connectivity index (χ2v) is 8.62. The SMILES string of the molecule is CN(C)CC1CC(c2cc(C(F)(F)F)cc(C(F)(F)F)c2)N1Cc1ccccc1Br. The van der Waals surface area contributed by atoms with E-state index >= 15 is 0 Å². The summed E-state index contributed by atoms with van der Waals surface area (Å²) in [6, 6.07) is 8.82. The van der Waals surface area contributed by atoms with E-state index in [2.05, 4.69) is 15.9 Å². The highest BCUT2D eigenvalue weighted by atomic mass is 79.9. The quantitative estimate of drug-likeness (QED) is 0.446. The van der Waals surface area contributed by atoms with Gasteiger partial charge in [-0.2, -0.15) is 26.3 Å². The van der Waals surface area contributed by atoms with Gasteiger partial charge in [0, 0.05) is 29.6 Å². The van der Waals surface area contributed by atoms with Gasteiger partial charge >= 0.3 is 12.4 Å². The molecule has 1 fully saturated rings. The van der Waals surface area contributed by atoms with Crippen molar-refractivity contribution < 1.29 is 26.3 Å². The maximum Gasteiger partial charge on any atom is 0.416 e. The molecule has 0 aliphatic carbocycles. The summed E-state index contributed by atoms with van der Waals surface area (Å²) in [5.41, 5.74) is -1.58. The Bertz CT molecular complexity index is 862. The van der Waals surface area contributed by atoms with E-state index in [0.29, 0.717) is 19.5 Å². The first-order chi connectivity index (χ1) is 13.9. The van der Waals surface area contributed by atoms with E-state index in [4.69, 9.17) is 0 Å². The largest absolute Gasteiger partial charge is 0.416 e. The van der Waals surface area contributed by atoms with Crippen LogP contribution in [0.4, 0.5) is 26.3 Å². The standard InChI is InChI=1S/C21H21BrF6N2/c1-29(2)12-17-10-19(30(17)11-13-5-3-4-6-18(13)22)14-7-15(20(23,24)25)9-16(8-14)21(26,27)28/h3-9,17,19H,10-12H2,1-2H3. The molecule has 0 aromatic heterocycles. The summed E-state index contributed by atoms with van der Waals surface area (Å²) in [4.78, 5) is 3.93. The monoisotopic (exact) mass is 494 g/mol. The third-order valence-electron chi connectivity index (χ3n) is 5.25. The van der Waals surface area contributed by atoms with Crippen molar-refractivity contribution in [3.05, 3.63) is 69.2 Å². The number of likely N-dealkylation sites (N-methyl/N-ethyl adjacent to an activating group) is 1. The molecule has 0 radical (unpaired) electrons. The Morgan fingerprint density at radius 1 is 0.967 bits per heavy atom. The van der Waals surface area contributed by atoms with Gasteiger partial charge in [0.1, 0.15) is 0 Å². The molecule has 0 N–H and O–H groups in total. The fourth-order valence-corrected chi connectivity index (χ4v) is 4.22. The first-order valence-electron chi connectivity index (χ1n) is 9.29. The number of nitrogens with zero attached hydrogens (tertiary/aromatic N) is 2. The molecule has 9 heteroatoms. The first kappa shape index (κ1) is 23.1. The molecule has 30 heavy (non-hydrogen) atoms. The normalized spacial score (nSPS) is 20.5. The van der Waals surface area contributed by atoms with Crippen LogP contribution in [0.3, 0.4) is 0 Å². The zero-order valence-corrected chi connectivity index (χ0v) is 17.9. The minimum Gasteiger partial charge on any atom is -0.308 e. The molecule has 2 aromatic carbocycles. The lowest BCUT2D eigenvalue weighted by Gasteiger charge is -2.50. The topological polar surface area (TPSA) is 6.48 Å². The fourth-order valence-electron chi connectivity index (χ4n) is 3.81. The first-order valence-corrected chi connectivity index (χ1v) is 10.1. The zero-order chi connectivity index (χ0) is 22.3. The van der Waals surface area contributed by atoms with Crippen molar-refractivity contribution >= 4 is 15.9 Å².